The van der Waals surface area contributed by atoms with Gasteiger partial charge in [0.05, 0.1) is 12.2 Å². The minimum Gasteiger partial charge on any atom is -0.462 e. The van der Waals surface area contributed by atoms with Gasteiger partial charge in [-0.25, -0.2) is 9.59 Å². The van der Waals surface area contributed by atoms with E-state index < -0.39 is 11.6 Å². The molecule has 0 N–H and O–H groups in total. The third-order valence-corrected chi connectivity index (χ3v) is 3.34. The van der Waals surface area contributed by atoms with Crippen molar-refractivity contribution >= 4 is 11.9 Å². The zero-order valence-electron chi connectivity index (χ0n) is 14.0. The number of hydrogen-bond acceptors (Lipinski definition) is 4. The first-order chi connectivity index (χ1) is 10.1. The first-order valence-corrected chi connectivity index (χ1v) is 7.26. The molecule has 0 saturated heterocycles. The fourth-order valence-electron chi connectivity index (χ4n) is 1.99. The number of hydrogen-bond donors (Lipinski definition) is 0. The highest BCUT2D eigenvalue weighted by atomic mass is 16.6. The van der Waals surface area contributed by atoms with Gasteiger partial charge in [0.25, 0.3) is 0 Å². The van der Waals surface area contributed by atoms with Crippen LogP contribution in [0.5, 0.6) is 0 Å². The lowest BCUT2D eigenvalue weighted by molar-refractivity contribution is -0.152. The van der Waals surface area contributed by atoms with Crippen LogP contribution >= 0.6 is 0 Å². The van der Waals surface area contributed by atoms with Gasteiger partial charge in [-0.15, -0.1) is 0 Å². The van der Waals surface area contributed by atoms with E-state index in [-0.39, 0.29) is 12.6 Å². The molecule has 0 amide bonds. The summed E-state index contributed by atoms with van der Waals surface area (Å²) in [7, 11) is 0. The van der Waals surface area contributed by atoms with Crippen molar-refractivity contribution in [3.63, 3.8) is 0 Å². The van der Waals surface area contributed by atoms with Gasteiger partial charge in [0.2, 0.25) is 0 Å². The molecule has 0 aliphatic heterocycles. The lowest BCUT2D eigenvalue weighted by Crippen LogP contribution is -2.30. The van der Waals surface area contributed by atoms with Crippen LogP contribution in [0.4, 0.5) is 0 Å². The Kier molecular flexibility index (Phi) is 5.92. The van der Waals surface area contributed by atoms with Crippen molar-refractivity contribution in [2.75, 3.05) is 6.61 Å². The number of carbonyl (C=O) groups is 2. The van der Waals surface area contributed by atoms with Crippen molar-refractivity contribution in [2.45, 2.75) is 46.6 Å². The lowest BCUT2D eigenvalue weighted by atomic mass is 10.0. The molecule has 0 saturated carbocycles. The van der Waals surface area contributed by atoms with Gasteiger partial charge in [-0.2, -0.15) is 0 Å². The normalized spacial score (nSPS) is 11.0. The summed E-state index contributed by atoms with van der Waals surface area (Å²) in [6.45, 7) is 12.6. The molecule has 0 aromatic heterocycles. The number of benzene rings is 1. The van der Waals surface area contributed by atoms with Gasteiger partial charge in [0, 0.05) is 12.0 Å². The standard InChI is InChI=1S/C18H24O4/c1-12(2)16(19)22-18(5,6)10-11-21-17(20)15-13(3)8-7-9-14(15)4/h7-9H,1,10-11H2,2-6H3. The van der Waals surface area contributed by atoms with Crippen LogP contribution in [0, 0.1) is 13.8 Å². The second kappa shape index (κ2) is 7.25. The van der Waals surface area contributed by atoms with Crippen molar-refractivity contribution in [3.8, 4) is 0 Å². The molecule has 4 nitrogen and oxygen atoms in total. The molecule has 4 heteroatoms. The summed E-state index contributed by atoms with van der Waals surface area (Å²) in [6.07, 6.45) is 0.419. The smallest absolute Gasteiger partial charge is 0.338 e. The number of rotatable bonds is 6. The number of carbonyl (C=O) groups excluding carboxylic acids is 2. The van der Waals surface area contributed by atoms with Crippen LogP contribution in [0.25, 0.3) is 0 Å². The van der Waals surface area contributed by atoms with Crippen LogP contribution in [0.2, 0.25) is 0 Å². The van der Waals surface area contributed by atoms with E-state index in [1.165, 1.54) is 0 Å². The number of ether oxygens (including phenoxy) is 2. The van der Waals surface area contributed by atoms with Crippen LogP contribution in [0.3, 0.4) is 0 Å². The third-order valence-electron chi connectivity index (χ3n) is 3.34. The van der Waals surface area contributed by atoms with Crippen molar-refractivity contribution in [1.29, 1.82) is 0 Å². The third kappa shape index (κ3) is 5.02. The molecule has 0 atom stereocenters. The zero-order chi connectivity index (χ0) is 16.9. The minimum absolute atomic E-state index is 0.184. The first kappa shape index (κ1) is 18.0. The SMILES string of the molecule is C=C(C)C(=O)OC(C)(C)CCOC(=O)c1c(C)cccc1C. The van der Waals surface area contributed by atoms with E-state index in [2.05, 4.69) is 6.58 Å². The predicted molar refractivity (Wildman–Crippen MR) is 85.8 cm³/mol. The van der Waals surface area contributed by atoms with E-state index >= 15 is 0 Å². The molecule has 1 aromatic rings. The number of esters is 2. The van der Waals surface area contributed by atoms with E-state index in [4.69, 9.17) is 9.47 Å². The summed E-state index contributed by atoms with van der Waals surface area (Å²) in [5.41, 5.74) is 2.01. The van der Waals surface area contributed by atoms with Crippen molar-refractivity contribution in [2.24, 2.45) is 0 Å². The first-order valence-electron chi connectivity index (χ1n) is 7.26. The van der Waals surface area contributed by atoms with E-state index in [0.29, 0.717) is 17.6 Å². The topological polar surface area (TPSA) is 52.6 Å². The molecule has 0 unspecified atom stereocenters. The fraction of sp³-hybridized carbons (Fsp3) is 0.444. The second-order valence-corrected chi connectivity index (χ2v) is 6.08. The molecule has 0 heterocycles. The minimum atomic E-state index is -0.711. The van der Waals surface area contributed by atoms with Crippen LogP contribution in [0.1, 0.15) is 48.7 Å². The van der Waals surface area contributed by atoms with E-state index in [0.717, 1.165) is 11.1 Å². The Morgan fingerprint density at radius 1 is 1.18 bits per heavy atom. The Labute approximate surface area is 132 Å². The summed E-state index contributed by atoms with van der Waals surface area (Å²) in [4.78, 5) is 23.7. The van der Waals surface area contributed by atoms with E-state index in [1.54, 1.807) is 20.8 Å². The molecular formula is C18H24O4. The predicted octanol–water partition coefficient (Wildman–Crippen LogP) is 3.75. The average molecular weight is 304 g/mol. The van der Waals surface area contributed by atoms with Gasteiger partial charge in [0.1, 0.15) is 5.60 Å². The summed E-state index contributed by atoms with van der Waals surface area (Å²) in [5.74, 6) is -0.788. The Bertz CT molecular complexity index is 564. The molecule has 0 aliphatic rings. The maximum Gasteiger partial charge on any atom is 0.338 e. The van der Waals surface area contributed by atoms with E-state index in [9.17, 15) is 9.59 Å². The molecule has 22 heavy (non-hydrogen) atoms. The second-order valence-electron chi connectivity index (χ2n) is 6.08. The monoisotopic (exact) mass is 304 g/mol. The molecular weight excluding hydrogens is 280 g/mol. The van der Waals surface area contributed by atoms with Gasteiger partial charge in [-0.1, -0.05) is 24.8 Å². The fourth-order valence-corrected chi connectivity index (χ4v) is 1.99. The molecule has 0 radical (unpaired) electrons. The van der Waals surface area contributed by atoms with Gasteiger partial charge >= 0.3 is 11.9 Å². The summed E-state index contributed by atoms with van der Waals surface area (Å²) < 4.78 is 10.6. The average Bonchev–Trinajstić information content (AvgIpc) is 2.37. The van der Waals surface area contributed by atoms with Crippen LogP contribution in [0.15, 0.2) is 30.4 Å². The van der Waals surface area contributed by atoms with Gasteiger partial charge in [-0.3, -0.25) is 0 Å². The molecule has 0 fully saturated rings. The lowest BCUT2D eigenvalue weighted by Gasteiger charge is -2.25. The van der Waals surface area contributed by atoms with Gasteiger partial charge < -0.3 is 9.47 Å². The zero-order valence-corrected chi connectivity index (χ0v) is 14.0. The van der Waals surface area contributed by atoms with E-state index in [1.807, 2.05) is 32.0 Å². The van der Waals surface area contributed by atoms with Crippen LogP contribution < -0.4 is 0 Å². The molecule has 0 bridgehead atoms. The number of aryl methyl sites for hydroxylation is 2. The molecule has 0 spiro atoms. The maximum atomic E-state index is 12.2. The Hall–Kier alpha value is -2.10. The Morgan fingerprint density at radius 3 is 2.23 bits per heavy atom. The van der Waals surface area contributed by atoms with Gasteiger partial charge in [-0.05, 0) is 45.7 Å². The maximum absolute atomic E-state index is 12.2. The van der Waals surface area contributed by atoms with Crippen LogP contribution in [-0.2, 0) is 14.3 Å². The summed E-state index contributed by atoms with van der Waals surface area (Å²) >= 11 is 0. The highest BCUT2D eigenvalue weighted by molar-refractivity contribution is 5.92. The Balaban J connectivity index is 2.58. The quantitative estimate of drug-likeness (QED) is 0.593. The Morgan fingerprint density at radius 2 is 1.73 bits per heavy atom. The highest BCUT2D eigenvalue weighted by Crippen LogP contribution is 2.18. The molecule has 1 aromatic carbocycles. The van der Waals surface area contributed by atoms with Crippen molar-refractivity contribution in [1.82, 2.24) is 0 Å². The molecule has 0 aliphatic carbocycles. The van der Waals surface area contributed by atoms with Gasteiger partial charge in [0.15, 0.2) is 0 Å². The highest BCUT2D eigenvalue weighted by Gasteiger charge is 2.24. The van der Waals surface area contributed by atoms with Crippen LogP contribution in [-0.4, -0.2) is 24.1 Å². The summed E-state index contributed by atoms with van der Waals surface area (Å²) in [5, 5.41) is 0. The molecule has 120 valence electrons. The summed E-state index contributed by atoms with van der Waals surface area (Å²) in [6, 6.07) is 5.66. The van der Waals surface area contributed by atoms with Crippen molar-refractivity contribution < 1.29 is 19.1 Å². The largest absolute Gasteiger partial charge is 0.462 e. The van der Waals surface area contributed by atoms with Crippen molar-refractivity contribution in [3.05, 3.63) is 47.0 Å². The molecule has 1 rings (SSSR count).